The maximum Gasteiger partial charge on any atom is 0.160 e. The summed E-state index contributed by atoms with van der Waals surface area (Å²) in [5, 5.41) is 2.20. The summed E-state index contributed by atoms with van der Waals surface area (Å²) >= 11 is 0. The van der Waals surface area contributed by atoms with Crippen molar-refractivity contribution < 1.29 is 9.15 Å². The van der Waals surface area contributed by atoms with Crippen molar-refractivity contribution in [3.8, 4) is 45.3 Å². The standard InChI is InChI=1S/C53H34N2O2/c1-2-12-34(13-3-1)46-32-47(55-52(54-46)37-26-28-41-40-16-6-10-20-48(40)56-50(41)31-37)35-24-22-33(23-25-35)36-27-29-45-51(30-36)57-49-21-11-9-19-44(49)53(45)42-17-7-4-14-38(42)39-15-5-8-18-43(39)53/h1-24,26-32,35H,25H2. The second-order valence-corrected chi connectivity index (χ2v) is 15.2. The van der Waals surface area contributed by atoms with E-state index in [0.29, 0.717) is 5.82 Å². The summed E-state index contributed by atoms with van der Waals surface area (Å²) < 4.78 is 13.1. The average Bonchev–Trinajstić information content (AvgIpc) is 3.80. The molecule has 0 amide bonds. The van der Waals surface area contributed by atoms with E-state index in [0.717, 1.165) is 67.9 Å². The highest BCUT2D eigenvalue weighted by molar-refractivity contribution is 6.05. The fraction of sp³-hybridized carbons (Fsp3) is 0.0566. The molecule has 1 aliphatic heterocycles. The third-order valence-corrected chi connectivity index (χ3v) is 12.1. The van der Waals surface area contributed by atoms with Crippen molar-refractivity contribution in [2.24, 2.45) is 0 Å². The van der Waals surface area contributed by atoms with E-state index in [2.05, 4.69) is 164 Å². The molecule has 268 valence electrons. The molecule has 0 saturated carbocycles. The van der Waals surface area contributed by atoms with Crippen LogP contribution in [0.15, 0.2) is 193 Å². The van der Waals surface area contributed by atoms with E-state index in [1.54, 1.807) is 0 Å². The fourth-order valence-corrected chi connectivity index (χ4v) is 9.50. The molecule has 3 aliphatic rings. The van der Waals surface area contributed by atoms with E-state index < -0.39 is 5.41 Å². The summed E-state index contributed by atoms with van der Waals surface area (Å²) in [4.78, 5) is 10.3. The van der Waals surface area contributed by atoms with Gasteiger partial charge >= 0.3 is 0 Å². The summed E-state index contributed by atoms with van der Waals surface area (Å²) in [6.07, 6.45) is 7.68. The molecule has 0 N–H and O–H groups in total. The van der Waals surface area contributed by atoms with Crippen LogP contribution >= 0.6 is 0 Å². The van der Waals surface area contributed by atoms with Crippen LogP contribution < -0.4 is 4.74 Å². The van der Waals surface area contributed by atoms with Gasteiger partial charge in [-0.1, -0.05) is 152 Å². The number of hydrogen-bond donors (Lipinski definition) is 0. The van der Waals surface area contributed by atoms with Gasteiger partial charge in [-0.15, -0.1) is 0 Å². The zero-order valence-electron chi connectivity index (χ0n) is 30.9. The molecule has 7 aromatic carbocycles. The monoisotopic (exact) mass is 730 g/mol. The van der Waals surface area contributed by atoms with Crippen LogP contribution in [0, 0.1) is 0 Å². The Labute approximate surface area is 330 Å². The van der Waals surface area contributed by atoms with Crippen LogP contribution in [0.3, 0.4) is 0 Å². The third kappa shape index (κ3) is 4.80. The second kappa shape index (κ2) is 12.4. The third-order valence-electron chi connectivity index (χ3n) is 12.1. The molecule has 0 fully saturated rings. The number of aromatic nitrogens is 2. The van der Waals surface area contributed by atoms with Crippen LogP contribution in [0.25, 0.3) is 61.3 Å². The van der Waals surface area contributed by atoms with Crippen LogP contribution in [-0.4, -0.2) is 9.97 Å². The number of rotatable bonds is 4. The van der Waals surface area contributed by atoms with Gasteiger partial charge in [0.25, 0.3) is 0 Å². The molecule has 57 heavy (non-hydrogen) atoms. The number of para-hydroxylation sites is 2. The Hall–Kier alpha value is -7.30. The lowest BCUT2D eigenvalue weighted by Crippen LogP contribution is -2.32. The fourth-order valence-electron chi connectivity index (χ4n) is 9.50. The van der Waals surface area contributed by atoms with E-state index in [4.69, 9.17) is 19.1 Å². The predicted molar refractivity (Wildman–Crippen MR) is 228 cm³/mol. The zero-order valence-corrected chi connectivity index (χ0v) is 30.9. The van der Waals surface area contributed by atoms with Crippen LogP contribution in [0.4, 0.5) is 0 Å². The van der Waals surface area contributed by atoms with Crippen LogP contribution in [-0.2, 0) is 5.41 Å². The summed E-state index contributed by atoms with van der Waals surface area (Å²) in [5.41, 5.74) is 14.9. The van der Waals surface area contributed by atoms with Gasteiger partial charge in [-0.05, 0) is 76.2 Å². The molecule has 2 aromatic heterocycles. The van der Waals surface area contributed by atoms with Crippen molar-refractivity contribution in [1.29, 1.82) is 0 Å². The Morgan fingerprint density at radius 2 is 1.19 bits per heavy atom. The van der Waals surface area contributed by atoms with E-state index in [1.165, 1.54) is 39.0 Å². The van der Waals surface area contributed by atoms with E-state index in [1.807, 2.05) is 24.3 Å². The Bertz CT molecular complexity index is 3110. The van der Waals surface area contributed by atoms with Crippen molar-refractivity contribution >= 4 is 27.5 Å². The Kier molecular flexibility index (Phi) is 6.93. The van der Waals surface area contributed by atoms with Gasteiger partial charge < -0.3 is 9.15 Å². The van der Waals surface area contributed by atoms with Gasteiger partial charge in [-0.2, -0.15) is 0 Å². The van der Waals surface area contributed by atoms with Gasteiger partial charge in [-0.3, -0.25) is 0 Å². The van der Waals surface area contributed by atoms with E-state index in [-0.39, 0.29) is 5.92 Å². The van der Waals surface area contributed by atoms with E-state index >= 15 is 0 Å². The van der Waals surface area contributed by atoms with Gasteiger partial charge in [0, 0.05) is 38.9 Å². The lowest BCUT2D eigenvalue weighted by atomic mass is 9.66. The summed E-state index contributed by atoms with van der Waals surface area (Å²) in [5.74, 6) is 2.56. The number of allylic oxidation sites excluding steroid dienone is 4. The lowest BCUT2D eigenvalue weighted by molar-refractivity contribution is 0.436. The summed E-state index contributed by atoms with van der Waals surface area (Å²) in [6, 6.07) is 60.0. The maximum absolute atomic E-state index is 6.80. The molecule has 4 nitrogen and oxygen atoms in total. The molecule has 1 spiro atoms. The number of fused-ring (bicyclic) bond motifs is 12. The topological polar surface area (TPSA) is 48.2 Å². The largest absolute Gasteiger partial charge is 0.457 e. The summed E-state index contributed by atoms with van der Waals surface area (Å²) in [6.45, 7) is 0. The quantitative estimate of drug-likeness (QED) is 0.181. The van der Waals surface area contributed by atoms with Crippen molar-refractivity contribution in [1.82, 2.24) is 9.97 Å². The predicted octanol–water partition coefficient (Wildman–Crippen LogP) is 13.3. The summed E-state index contributed by atoms with van der Waals surface area (Å²) in [7, 11) is 0. The van der Waals surface area contributed by atoms with Crippen molar-refractivity contribution in [2.75, 3.05) is 0 Å². The van der Waals surface area contributed by atoms with Crippen molar-refractivity contribution in [3.05, 3.63) is 222 Å². The zero-order chi connectivity index (χ0) is 37.5. The van der Waals surface area contributed by atoms with Gasteiger partial charge in [-0.25, -0.2) is 9.97 Å². The normalized spacial score (nSPS) is 15.8. The lowest BCUT2D eigenvalue weighted by Gasteiger charge is -2.39. The molecule has 9 aromatic rings. The molecule has 2 aliphatic carbocycles. The smallest absolute Gasteiger partial charge is 0.160 e. The first-order valence-corrected chi connectivity index (χ1v) is 19.6. The molecule has 1 atom stereocenters. The van der Waals surface area contributed by atoms with E-state index in [9.17, 15) is 0 Å². The minimum Gasteiger partial charge on any atom is -0.457 e. The molecule has 1 unspecified atom stereocenters. The van der Waals surface area contributed by atoms with Crippen molar-refractivity contribution in [2.45, 2.75) is 17.8 Å². The molecule has 0 bridgehead atoms. The molecular weight excluding hydrogens is 697 g/mol. The second-order valence-electron chi connectivity index (χ2n) is 15.2. The van der Waals surface area contributed by atoms with Gasteiger partial charge in [0.2, 0.25) is 0 Å². The molecule has 0 saturated heterocycles. The first kappa shape index (κ1) is 32.0. The van der Waals surface area contributed by atoms with Gasteiger partial charge in [0.15, 0.2) is 5.82 Å². The Morgan fingerprint density at radius 3 is 2.00 bits per heavy atom. The highest BCUT2D eigenvalue weighted by atomic mass is 16.5. The van der Waals surface area contributed by atoms with Gasteiger partial charge in [0.1, 0.15) is 22.7 Å². The van der Waals surface area contributed by atoms with Crippen LogP contribution in [0.5, 0.6) is 11.5 Å². The first-order chi connectivity index (χ1) is 28.2. The maximum atomic E-state index is 6.80. The molecule has 12 rings (SSSR count). The minimum atomic E-state index is -0.464. The molecule has 0 radical (unpaired) electrons. The highest BCUT2D eigenvalue weighted by Gasteiger charge is 2.50. The van der Waals surface area contributed by atoms with Gasteiger partial charge in [0.05, 0.1) is 16.8 Å². The van der Waals surface area contributed by atoms with Crippen LogP contribution in [0.1, 0.15) is 45.8 Å². The number of ether oxygens (including phenoxy) is 1. The van der Waals surface area contributed by atoms with Crippen molar-refractivity contribution in [3.63, 3.8) is 0 Å². The molecular formula is C53H34N2O2. The number of nitrogens with zero attached hydrogens (tertiary/aromatic N) is 2. The van der Waals surface area contributed by atoms with Crippen LogP contribution in [0.2, 0.25) is 0 Å². The average molecular weight is 731 g/mol. The first-order valence-electron chi connectivity index (χ1n) is 19.6. The Morgan fingerprint density at radius 1 is 0.509 bits per heavy atom. The SMILES string of the molecule is C1=CC(c2cc(-c3ccccc3)nc(-c3ccc4c(c3)oc3ccccc34)n2)CC=C1c1ccc2c(c1)Oc1ccccc1C21c2ccccc2-c2ccccc21. The minimum absolute atomic E-state index is 0.0865. The Balaban J connectivity index is 0.917. The highest BCUT2D eigenvalue weighted by Crippen LogP contribution is 2.62. The molecule has 4 heteroatoms. The number of hydrogen-bond acceptors (Lipinski definition) is 4. The number of furan rings is 1. The molecule has 3 heterocycles. The number of benzene rings is 7.